The topological polar surface area (TPSA) is 67.6 Å². The molecule has 0 aliphatic heterocycles. The van der Waals surface area contributed by atoms with Crippen LogP contribution in [0.1, 0.15) is 5.56 Å². The fourth-order valence-electron chi connectivity index (χ4n) is 1.52. The fourth-order valence-corrected chi connectivity index (χ4v) is 1.52. The Morgan fingerprint density at radius 1 is 1.57 bits per heavy atom. The highest BCUT2D eigenvalue weighted by Gasteiger charge is 2.07. The molecule has 1 heterocycles. The molecule has 4 heteroatoms. The van der Waals surface area contributed by atoms with E-state index >= 15 is 0 Å². The van der Waals surface area contributed by atoms with Crippen molar-refractivity contribution in [1.29, 1.82) is 5.26 Å². The molecular weight excluding hydrogens is 176 g/mol. The minimum absolute atomic E-state index is 0.369. The molecule has 70 valence electrons. The summed E-state index contributed by atoms with van der Waals surface area (Å²) < 4.78 is 1.82. The van der Waals surface area contributed by atoms with Crippen LogP contribution in [0.15, 0.2) is 18.2 Å². The number of imidazole rings is 1. The van der Waals surface area contributed by atoms with Crippen molar-refractivity contribution in [2.45, 2.75) is 6.42 Å². The van der Waals surface area contributed by atoms with Crippen LogP contribution < -0.4 is 5.73 Å². The quantitative estimate of drug-likeness (QED) is 0.728. The van der Waals surface area contributed by atoms with Gasteiger partial charge in [-0.1, -0.05) is 12.1 Å². The Bertz CT molecular complexity index is 519. The molecule has 0 aliphatic carbocycles. The molecule has 4 nitrogen and oxygen atoms in total. The van der Waals surface area contributed by atoms with Crippen LogP contribution in [-0.4, -0.2) is 9.55 Å². The van der Waals surface area contributed by atoms with E-state index in [0.717, 1.165) is 16.6 Å². The zero-order valence-corrected chi connectivity index (χ0v) is 7.86. The van der Waals surface area contributed by atoms with Crippen LogP contribution in [0, 0.1) is 11.3 Å². The first-order valence-corrected chi connectivity index (χ1v) is 4.31. The summed E-state index contributed by atoms with van der Waals surface area (Å²) in [6, 6.07) is 7.87. The molecule has 0 amide bonds. The van der Waals surface area contributed by atoms with Gasteiger partial charge in [-0.25, -0.2) is 4.98 Å². The van der Waals surface area contributed by atoms with Crippen LogP contribution in [0.3, 0.4) is 0 Å². The molecule has 0 fully saturated rings. The molecular formula is C10H10N4. The van der Waals surface area contributed by atoms with Crippen molar-refractivity contribution in [3.05, 3.63) is 23.8 Å². The van der Waals surface area contributed by atoms with Gasteiger partial charge in [0.15, 0.2) is 0 Å². The summed E-state index contributed by atoms with van der Waals surface area (Å²) in [5.74, 6) is 0.477. The van der Waals surface area contributed by atoms with E-state index in [4.69, 9.17) is 11.0 Å². The highest BCUT2D eigenvalue weighted by Crippen LogP contribution is 2.20. The van der Waals surface area contributed by atoms with Crippen LogP contribution in [0.2, 0.25) is 0 Å². The minimum Gasteiger partial charge on any atom is -0.369 e. The Kier molecular flexibility index (Phi) is 1.86. The van der Waals surface area contributed by atoms with Crippen molar-refractivity contribution < 1.29 is 0 Å². The number of nitriles is 1. The van der Waals surface area contributed by atoms with Gasteiger partial charge in [-0.05, 0) is 11.6 Å². The number of nitrogen functional groups attached to an aromatic ring is 1. The third kappa shape index (κ3) is 1.11. The Morgan fingerprint density at radius 2 is 2.36 bits per heavy atom. The van der Waals surface area contributed by atoms with E-state index < -0.39 is 0 Å². The summed E-state index contributed by atoms with van der Waals surface area (Å²) in [6.07, 6.45) is 0.369. The van der Waals surface area contributed by atoms with Gasteiger partial charge >= 0.3 is 0 Å². The number of nitrogens with two attached hydrogens (primary N) is 1. The van der Waals surface area contributed by atoms with Crippen LogP contribution in [-0.2, 0) is 13.5 Å². The number of hydrogen-bond acceptors (Lipinski definition) is 3. The maximum Gasteiger partial charge on any atom is 0.200 e. The van der Waals surface area contributed by atoms with Crippen molar-refractivity contribution in [3.8, 4) is 6.07 Å². The Balaban J connectivity index is 2.76. The number of hydrogen-bond donors (Lipinski definition) is 1. The van der Waals surface area contributed by atoms with Crippen LogP contribution in [0.4, 0.5) is 5.95 Å². The maximum absolute atomic E-state index is 8.64. The normalized spacial score (nSPS) is 10.3. The van der Waals surface area contributed by atoms with Crippen molar-refractivity contribution >= 4 is 17.0 Å². The summed E-state index contributed by atoms with van der Waals surface area (Å²) in [5, 5.41) is 8.64. The van der Waals surface area contributed by atoms with Gasteiger partial charge in [0.2, 0.25) is 5.95 Å². The van der Waals surface area contributed by atoms with Gasteiger partial charge in [0.25, 0.3) is 0 Å². The Labute approximate surface area is 81.6 Å². The first-order valence-electron chi connectivity index (χ1n) is 4.31. The smallest absolute Gasteiger partial charge is 0.200 e. The van der Waals surface area contributed by atoms with Crippen LogP contribution in [0.25, 0.3) is 11.0 Å². The summed E-state index contributed by atoms with van der Waals surface area (Å²) >= 11 is 0. The van der Waals surface area contributed by atoms with Crippen LogP contribution >= 0.6 is 0 Å². The van der Waals surface area contributed by atoms with Gasteiger partial charge < -0.3 is 10.3 Å². The van der Waals surface area contributed by atoms with E-state index in [1.54, 1.807) is 0 Å². The second kappa shape index (κ2) is 3.04. The van der Waals surface area contributed by atoms with Gasteiger partial charge in [-0.3, -0.25) is 0 Å². The van der Waals surface area contributed by atoms with Gasteiger partial charge in [0.05, 0.1) is 23.5 Å². The third-order valence-electron chi connectivity index (χ3n) is 2.30. The van der Waals surface area contributed by atoms with E-state index in [9.17, 15) is 0 Å². The van der Waals surface area contributed by atoms with Gasteiger partial charge in [0.1, 0.15) is 0 Å². The molecule has 14 heavy (non-hydrogen) atoms. The summed E-state index contributed by atoms with van der Waals surface area (Å²) in [6.45, 7) is 0. The lowest BCUT2D eigenvalue weighted by atomic mass is 10.1. The largest absolute Gasteiger partial charge is 0.369 e. The molecule has 0 spiro atoms. The SMILES string of the molecule is Cn1c(N)nc2c(CC#N)cccc21. The zero-order chi connectivity index (χ0) is 10.1. The van der Waals surface area contributed by atoms with Crippen LogP contribution in [0.5, 0.6) is 0 Å². The van der Waals surface area contributed by atoms with Gasteiger partial charge in [0, 0.05) is 7.05 Å². The lowest BCUT2D eigenvalue weighted by molar-refractivity contribution is 0.965. The zero-order valence-electron chi connectivity index (χ0n) is 7.86. The molecule has 0 saturated heterocycles. The van der Waals surface area contributed by atoms with E-state index in [1.807, 2.05) is 29.8 Å². The predicted octanol–water partition coefficient (Wildman–Crippen LogP) is 1.22. The molecule has 2 rings (SSSR count). The molecule has 2 N–H and O–H groups in total. The molecule has 0 saturated carbocycles. The van der Waals surface area contributed by atoms with E-state index in [2.05, 4.69) is 11.1 Å². The van der Waals surface area contributed by atoms with Crippen molar-refractivity contribution in [2.75, 3.05) is 5.73 Å². The number of para-hydroxylation sites is 1. The summed E-state index contributed by atoms with van der Waals surface area (Å²) in [7, 11) is 1.86. The second-order valence-corrected chi connectivity index (χ2v) is 3.15. The molecule has 2 aromatic rings. The molecule has 0 radical (unpaired) electrons. The van der Waals surface area contributed by atoms with E-state index in [0.29, 0.717) is 12.4 Å². The van der Waals surface area contributed by atoms with Crippen molar-refractivity contribution in [1.82, 2.24) is 9.55 Å². The monoisotopic (exact) mass is 186 g/mol. The molecule has 1 aromatic heterocycles. The first kappa shape index (κ1) is 8.57. The van der Waals surface area contributed by atoms with E-state index in [-0.39, 0.29) is 0 Å². The molecule has 0 aliphatic rings. The number of rotatable bonds is 1. The highest BCUT2D eigenvalue weighted by molar-refractivity contribution is 5.81. The third-order valence-corrected chi connectivity index (χ3v) is 2.30. The number of aryl methyl sites for hydroxylation is 1. The molecule has 0 bridgehead atoms. The minimum atomic E-state index is 0.369. The van der Waals surface area contributed by atoms with Crippen molar-refractivity contribution in [3.63, 3.8) is 0 Å². The van der Waals surface area contributed by atoms with E-state index in [1.165, 1.54) is 0 Å². The Morgan fingerprint density at radius 3 is 3.07 bits per heavy atom. The Hall–Kier alpha value is -2.02. The summed E-state index contributed by atoms with van der Waals surface area (Å²) in [4.78, 5) is 4.22. The standard InChI is InChI=1S/C10H10N4/c1-14-8-4-2-3-7(5-6-11)9(8)13-10(14)12/h2-4H,5H2,1H3,(H2,12,13). The fraction of sp³-hybridized carbons (Fsp3) is 0.200. The average Bonchev–Trinajstić information content (AvgIpc) is 2.46. The van der Waals surface area contributed by atoms with Gasteiger partial charge in [-0.15, -0.1) is 0 Å². The number of anilines is 1. The first-order chi connectivity index (χ1) is 6.74. The number of nitrogens with zero attached hydrogens (tertiary/aromatic N) is 3. The molecule has 1 aromatic carbocycles. The highest BCUT2D eigenvalue weighted by atomic mass is 15.1. The molecule has 0 atom stereocenters. The number of aromatic nitrogens is 2. The number of benzene rings is 1. The summed E-state index contributed by atoms with van der Waals surface area (Å²) in [5.41, 5.74) is 8.41. The molecule has 0 unspecified atom stereocenters. The second-order valence-electron chi connectivity index (χ2n) is 3.15. The maximum atomic E-state index is 8.64. The van der Waals surface area contributed by atoms with Gasteiger partial charge in [-0.2, -0.15) is 5.26 Å². The van der Waals surface area contributed by atoms with Crippen molar-refractivity contribution in [2.24, 2.45) is 7.05 Å². The average molecular weight is 186 g/mol. The number of fused-ring (bicyclic) bond motifs is 1. The predicted molar refractivity (Wildman–Crippen MR) is 54.4 cm³/mol. The lowest BCUT2D eigenvalue weighted by Crippen LogP contribution is -1.95. The lowest BCUT2D eigenvalue weighted by Gasteiger charge is -1.97.